The predicted octanol–water partition coefficient (Wildman–Crippen LogP) is 15.6. The van der Waals surface area contributed by atoms with E-state index in [4.69, 9.17) is 15.0 Å². The third-order valence-corrected chi connectivity index (χ3v) is 13.0. The van der Waals surface area contributed by atoms with E-state index in [9.17, 15) is 0 Å². The largest absolute Gasteiger partial charge is 0.309 e. The molecule has 0 saturated carbocycles. The van der Waals surface area contributed by atoms with Crippen LogP contribution in [0, 0.1) is 0 Å². The third-order valence-electron chi connectivity index (χ3n) is 13.0. The minimum Gasteiger partial charge on any atom is -0.309 e. The Labute approximate surface area is 381 Å². The smallest absolute Gasteiger partial charge is 0.238 e. The van der Waals surface area contributed by atoms with Gasteiger partial charge in [-0.15, -0.1) is 0 Å². The van der Waals surface area contributed by atoms with Crippen LogP contribution in [0.5, 0.6) is 0 Å². The fraction of sp³-hybridized carbons (Fsp3) is 0. The Hall–Kier alpha value is -8.93. The van der Waals surface area contributed by atoms with Crippen molar-refractivity contribution in [3.8, 4) is 67.8 Å². The summed E-state index contributed by atoms with van der Waals surface area (Å²) in [6.45, 7) is 0. The average molecular weight is 842 g/mol. The maximum atomic E-state index is 5.42. The summed E-state index contributed by atoms with van der Waals surface area (Å²) in [5.74, 6) is 1.75. The van der Waals surface area contributed by atoms with Gasteiger partial charge in [-0.25, -0.2) is 4.98 Å². The molecule has 0 atom stereocenters. The van der Waals surface area contributed by atoms with Crippen molar-refractivity contribution in [2.75, 3.05) is 0 Å². The fourth-order valence-electron chi connectivity index (χ4n) is 9.78. The lowest BCUT2D eigenvalue weighted by Crippen LogP contribution is -2.07. The lowest BCUT2D eigenvalue weighted by Gasteiger charge is -2.13. The molecule has 0 aliphatic rings. The van der Waals surface area contributed by atoms with Gasteiger partial charge in [-0.2, -0.15) is 9.97 Å². The molecule has 5 heteroatoms. The van der Waals surface area contributed by atoms with Crippen LogP contribution in [0.4, 0.5) is 0 Å². The molecular weight excluding hydrogens is 803 g/mol. The molecule has 308 valence electrons. The maximum absolute atomic E-state index is 5.42. The van der Waals surface area contributed by atoms with Gasteiger partial charge < -0.3 is 4.57 Å². The van der Waals surface area contributed by atoms with E-state index in [2.05, 4.69) is 234 Å². The summed E-state index contributed by atoms with van der Waals surface area (Å²) in [5, 5.41) is 6.98. The summed E-state index contributed by atoms with van der Waals surface area (Å²) in [4.78, 5) is 16.1. The molecule has 0 bridgehead atoms. The minimum absolute atomic E-state index is 0.554. The van der Waals surface area contributed by atoms with E-state index in [1.165, 1.54) is 21.9 Å². The van der Waals surface area contributed by atoms with Gasteiger partial charge in [-0.1, -0.05) is 212 Å². The molecule has 0 aliphatic carbocycles. The summed E-state index contributed by atoms with van der Waals surface area (Å²) >= 11 is 0. The molecule has 3 aromatic heterocycles. The Morgan fingerprint density at radius 2 is 0.667 bits per heavy atom. The highest BCUT2D eigenvalue weighted by atomic mass is 15.2. The second-order valence-corrected chi connectivity index (χ2v) is 16.8. The van der Waals surface area contributed by atoms with Crippen LogP contribution < -0.4 is 0 Å². The zero-order valence-electron chi connectivity index (χ0n) is 35.8. The van der Waals surface area contributed by atoms with Gasteiger partial charge in [0.25, 0.3) is 0 Å². The summed E-state index contributed by atoms with van der Waals surface area (Å²) < 4.78 is 4.64. The standard InChI is InChI=1S/C61H39N5/c1-3-13-40(14-4-1)42-23-25-44(26-24-42)45-29-33-48(34-30-45)60-62-59(47-31-27-43(28-32-47)41-15-5-2-6-16-41)63-61(64-60)66-57-39-49(65-55-21-11-9-19-51(55)52-20-10-12-22-56(52)65)36-38-53(57)54-37-35-46-17-7-8-18-50(46)58(54)66/h1-39H. The van der Waals surface area contributed by atoms with Crippen LogP contribution in [0.25, 0.3) is 122 Å². The summed E-state index contributed by atoms with van der Waals surface area (Å²) in [6, 6.07) is 84.0. The van der Waals surface area contributed by atoms with E-state index >= 15 is 0 Å². The highest BCUT2D eigenvalue weighted by molar-refractivity contribution is 6.19. The first-order valence-electron chi connectivity index (χ1n) is 22.3. The molecule has 10 aromatic carbocycles. The molecular formula is C61H39N5. The first kappa shape index (κ1) is 37.6. The van der Waals surface area contributed by atoms with Crippen molar-refractivity contribution in [1.82, 2.24) is 24.1 Å². The van der Waals surface area contributed by atoms with Gasteiger partial charge in [0.05, 0.1) is 22.1 Å². The topological polar surface area (TPSA) is 48.5 Å². The Kier molecular flexibility index (Phi) is 8.78. The number of nitrogens with zero attached hydrogens (tertiary/aromatic N) is 5. The monoisotopic (exact) mass is 841 g/mol. The normalized spacial score (nSPS) is 11.6. The highest BCUT2D eigenvalue weighted by Crippen LogP contribution is 2.40. The predicted molar refractivity (Wildman–Crippen MR) is 273 cm³/mol. The van der Waals surface area contributed by atoms with Crippen LogP contribution in [0.1, 0.15) is 0 Å². The van der Waals surface area contributed by atoms with Crippen LogP contribution in [0.3, 0.4) is 0 Å². The summed E-state index contributed by atoms with van der Waals surface area (Å²) in [7, 11) is 0. The number of fused-ring (bicyclic) bond motifs is 8. The zero-order chi connectivity index (χ0) is 43.6. The molecule has 3 heterocycles. The first-order valence-corrected chi connectivity index (χ1v) is 22.3. The molecule has 0 unspecified atom stereocenters. The van der Waals surface area contributed by atoms with E-state index in [1.54, 1.807) is 0 Å². The Morgan fingerprint density at radius 3 is 1.20 bits per heavy atom. The molecule has 0 aliphatic heterocycles. The lowest BCUT2D eigenvalue weighted by atomic mass is 9.99. The number of rotatable bonds is 7. The highest BCUT2D eigenvalue weighted by Gasteiger charge is 2.21. The summed E-state index contributed by atoms with van der Waals surface area (Å²) in [6.07, 6.45) is 0. The van der Waals surface area contributed by atoms with Crippen molar-refractivity contribution < 1.29 is 0 Å². The van der Waals surface area contributed by atoms with Gasteiger partial charge in [-0.05, 0) is 63.0 Å². The average Bonchev–Trinajstić information content (AvgIpc) is 3.92. The molecule has 5 nitrogen and oxygen atoms in total. The van der Waals surface area contributed by atoms with Crippen molar-refractivity contribution in [1.29, 1.82) is 0 Å². The number of para-hydroxylation sites is 2. The minimum atomic E-state index is 0.554. The van der Waals surface area contributed by atoms with Gasteiger partial charge >= 0.3 is 0 Å². The molecule has 0 N–H and O–H groups in total. The van der Waals surface area contributed by atoms with E-state index in [1.807, 2.05) is 12.1 Å². The van der Waals surface area contributed by atoms with Crippen LogP contribution in [0.15, 0.2) is 237 Å². The molecule has 13 rings (SSSR count). The molecule has 0 saturated heterocycles. The van der Waals surface area contributed by atoms with E-state index in [0.717, 1.165) is 82.7 Å². The molecule has 0 spiro atoms. The van der Waals surface area contributed by atoms with Gasteiger partial charge in [0.15, 0.2) is 11.6 Å². The number of aromatic nitrogens is 5. The number of hydrogen-bond donors (Lipinski definition) is 0. The lowest BCUT2D eigenvalue weighted by molar-refractivity contribution is 0.954. The van der Waals surface area contributed by atoms with Gasteiger partial charge in [0, 0.05) is 43.7 Å². The molecule has 0 fully saturated rings. The van der Waals surface area contributed by atoms with Crippen LogP contribution in [-0.4, -0.2) is 24.1 Å². The van der Waals surface area contributed by atoms with Gasteiger partial charge in [0.1, 0.15) is 0 Å². The molecule has 13 aromatic rings. The van der Waals surface area contributed by atoms with Gasteiger partial charge in [0.2, 0.25) is 5.95 Å². The van der Waals surface area contributed by atoms with Crippen molar-refractivity contribution in [2.45, 2.75) is 0 Å². The molecule has 66 heavy (non-hydrogen) atoms. The van der Waals surface area contributed by atoms with Crippen molar-refractivity contribution in [3.63, 3.8) is 0 Å². The number of benzene rings is 10. The van der Waals surface area contributed by atoms with Crippen molar-refractivity contribution >= 4 is 54.4 Å². The fourth-order valence-corrected chi connectivity index (χ4v) is 9.78. The summed E-state index contributed by atoms with van der Waals surface area (Å²) in [5.41, 5.74) is 14.2. The van der Waals surface area contributed by atoms with E-state index in [-0.39, 0.29) is 0 Å². The van der Waals surface area contributed by atoms with Crippen LogP contribution in [0.2, 0.25) is 0 Å². The molecule has 0 radical (unpaired) electrons. The molecule has 0 amide bonds. The van der Waals surface area contributed by atoms with Crippen LogP contribution >= 0.6 is 0 Å². The quantitative estimate of drug-likeness (QED) is 0.161. The Bertz CT molecular complexity index is 3890. The SMILES string of the molecule is c1ccc(-c2ccc(-c3ccc(-c4nc(-c5ccc(-c6ccccc6)cc5)nc(-n5c6cc(-n7c8ccccc8c8ccccc87)ccc6c6ccc7ccccc7c65)n4)cc3)cc2)cc1. The van der Waals surface area contributed by atoms with Crippen molar-refractivity contribution in [3.05, 3.63) is 237 Å². The van der Waals surface area contributed by atoms with E-state index < -0.39 is 0 Å². The van der Waals surface area contributed by atoms with E-state index in [0.29, 0.717) is 17.6 Å². The number of hydrogen-bond acceptors (Lipinski definition) is 3. The first-order chi connectivity index (χ1) is 32.7. The third kappa shape index (κ3) is 6.28. The Morgan fingerprint density at radius 1 is 0.258 bits per heavy atom. The van der Waals surface area contributed by atoms with Gasteiger partial charge in [-0.3, -0.25) is 4.57 Å². The second kappa shape index (κ2) is 15.4. The maximum Gasteiger partial charge on any atom is 0.238 e. The van der Waals surface area contributed by atoms with Crippen LogP contribution in [-0.2, 0) is 0 Å². The zero-order valence-corrected chi connectivity index (χ0v) is 35.8. The Balaban J connectivity index is 1.02. The van der Waals surface area contributed by atoms with Crippen molar-refractivity contribution in [2.24, 2.45) is 0 Å². The second-order valence-electron chi connectivity index (χ2n) is 16.8.